The normalized spacial score (nSPS) is 16.3. The van der Waals surface area contributed by atoms with Crippen LogP contribution in [0.3, 0.4) is 0 Å². The molecule has 0 spiro atoms. The number of carbonyl (C=O) groups is 1. The zero-order valence-electron chi connectivity index (χ0n) is 17.1. The maximum atomic E-state index is 12.4. The van der Waals surface area contributed by atoms with Crippen LogP contribution in [0.25, 0.3) is 0 Å². The molecular weight excluding hydrogens is 439 g/mol. The van der Waals surface area contributed by atoms with Gasteiger partial charge in [-0.05, 0) is 42.0 Å². The number of amides is 1. The van der Waals surface area contributed by atoms with Gasteiger partial charge in [0, 0.05) is 12.1 Å². The van der Waals surface area contributed by atoms with Gasteiger partial charge in [0.25, 0.3) is 5.69 Å². The first-order valence-corrected chi connectivity index (χ1v) is 12.5. The van der Waals surface area contributed by atoms with Crippen molar-refractivity contribution in [2.24, 2.45) is 5.92 Å². The third-order valence-electron chi connectivity index (χ3n) is 5.30. The summed E-state index contributed by atoms with van der Waals surface area (Å²) in [5, 5.41) is 13.7. The number of non-ortho nitro benzene ring substituents is 1. The summed E-state index contributed by atoms with van der Waals surface area (Å²) < 4.78 is 11.3. The Labute approximate surface area is 187 Å². The second-order valence-corrected chi connectivity index (χ2v) is 9.88. The quantitative estimate of drug-likeness (QED) is 0.260. The predicted octanol–water partition coefficient (Wildman–Crippen LogP) is 6.49. The Kier molecular flexibility index (Phi) is 9.07. The summed E-state index contributed by atoms with van der Waals surface area (Å²) in [4.78, 5) is 22.8. The second kappa shape index (κ2) is 12.0. The molecule has 7 nitrogen and oxygen atoms in total. The van der Waals surface area contributed by atoms with Gasteiger partial charge in [0.1, 0.15) is 14.1 Å². The number of hydrogen-bond donors (Lipinski definition) is 1. The summed E-state index contributed by atoms with van der Waals surface area (Å²) >= 11 is 6.64. The fraction of sp³-hybridized carbons (Fsp3) is 0.409. The zero-order valence-corrected chi connectivity index (χ0v) is 18.8. The van der Waals surface area contributed by atoms with Crippen molar-refractivity contribution >= 4 is 30.5 Å². The fourth-order valence-corrected chi connectivity index (χ4v) is 5.64. The highest BCUT2D eigenvalue weighted by atomic mass is 35.7. The SMILES string of the molecule is O=C(NC(C1CCCCC1)P(Cl)OCc1ccc([N+](=O)[O-])cc1)OCc1ccccc1. The third-order valence-corrected chi connectivity index (χ3v) is 7.58. The van der Waals surface area contributed by atoms with Crippen LogP contribution in [0, 0.1) is 16.0 Å². The van der Waals surface area contributed by atoms with Crippen LogP contribution in [0.1, 0.15) is 43.2 Å². The number of nitrogens with one attached hydrogen (secondary N) is 1. The van der Waals surface area contributed by atoms with Crippen LogP contribution < -0.4 is 5.32 Å². The van der Waals surface area contributed by atoms with Crippen LogP contribution >= 0.6 is 18.7 Å². The van der Waals surface area contributed by atoms with Gasteiger partial charge in [-0.15, -0.1) is 0 Å². The molecule has 0 saturated heterocycles. The molecule has 1 amide bonds. The Morgan fingerprint density at radius 2 is 1.71 bits per heavy atom. The van der Waals surface area contributed by atoms with Crippen LogP contribution in [0.4, 0.5) is 10.5 Å². The van der Waals surface area contributed by atoms with Crippen molar-refractivity contribution in [2.45, 2.75) is 51.1 Å². The van der Waals surface area contributed by atoms with Gasteiger partial charge >= 0.3 is 6.09 Å². The average molecular weight is 465 g/mol. The van der Waals surface area contributed by atoms with Crippen molar-refractivity contribution in [3.63, 3.8) is 0 Å². The monoisotopic (exact) mass is 464 g/mol. The minimum Gasteiger partial charge on any atom is -0.445 e. The lowest BCUT2D eigenvalue weighted by Crippen LogP contribution is -2.39. The Hall–Kier alpha value is -2.21. The van der Waals surface area contributed by atoms with Crippen LogP contribution in [-0.4, -0.2) is 16.8 Å². The van der Waals surface area contributed by atoms with E-state index in [1.54, 1.807) is 12.1 Å². The average Bonchev–Trinajstić information content (AvgIpc) is 2.81. The number of carbonyl (C=O) groups excluding carboxylic acids is 1. The summed E-state index contributed by atoms with van der Waals surface area (Å²) in [6.07, 6.45) is 4.85. The Bertz CT molecular complexity index is 847. The lowest BCUT2D eigenvalue weighted by atomic mass is 9.89. The molecule has 0 aliphatic heterocycles. The van der Waals surface area contributed by atoms with E-state index in [4.69, 9.17) is 20.5 Å². The van der Waals surface area contributed by atoms with E-state index in [1.165, 1.54) is 18.6 Å². The van der Waals surface area contributed by atoms with E-state index in [2.05, 4.69) is 5.32 Å². The maximum absolute atomic E-state index is 12.4. The number of halogens is 1. The van der Waals surface area contributed by atoms with E-state index in [9.17, 15) is 14.9 Å². The molecule has 1 aliphatic rings. The van der Waals surface area contributed by atoms with Gasteiger partial charge in [-0.1, -0.05) is 60.8 Å². The molecule has 1 N–H and O–H groups in total. The highest BCUT2D eigenvalue weighted by molar-refractivity contribution is 7.80. The molecule has 0 bridgehead atoms. The summed E-state index contributed by atoms with van der Waals surface area (Å²) in [7, 11) is -1.48. The standard InChI is InChI=1S/C22H26ClN2O5P/c23-31(30-16-18-11-13-20(14-12-18)25(27)28)21(19-9-5-2-6-10-19)24-22(26)29-15-17-7-3-1-4-8-17/h1,3-4,7-8,11-14,19,21H,2,5-6,9-10,15-16H2,(H,24,26). The Balaban J connectivity index is 1.57. The van der Waals surface area contributed by atoms with Crippen molar-refractivity contribution in [2.75, 3.05) is 0 Å². The van der Waals surface area contributed by atoms with Crippen molar-refractivity contribution in [1.29, 1.82) is 0 Å². The molecule has 1 aliphatic carbocycles. The van der Waals surface area contributed by atoms with Crippen molar-refractivity contribution < 1.29 is 19.0 Å². The molecule has 0 heterocycles. The van der Waals surface area contributed by atoms with E-state index < -0.39 is 18.5 Å². The molecule has 9 heteroatoms. The van der Waals surface area contributed by atoms with Gasteiger partial charge in [-0.3, -0.25) is 10.1 Å². The number of benzene rings is 2. The molecule has 2 aromatic carbocycles. The summed E-state index contributed by atoms with van der Waals surface area (Å²) in [5.74, 6) is -0.0863. The number of nitrogens with zero attached hydrogens (tertiary/aromatic N) is 1. The van der Waals surface area contributed by atoms with Gasteiger partial charge in [0.05, 0.1) is 17.3 Å². The lowest BCUT2D eigenvalue weighted by Gasteiger charge is -2.32. The highest BCUT2D eigenvalue weighted by Gasteiger charge is 2.32. The van der Waals surface area contributed by atoms with E-state index in [0.717, 1.165) is 36.8 Å². The fourth-order valence-electron chi connectivity index (χ4n) is 3.60. The Morgan fingerprint density at radius 3 is 2.35 bits per heavy atom. The number of hydrogen-bond acceptors (Lipinski definition) is 5. The van der Waals surface area contributed by atoms with Crippen LogP contribution in [0.2, 0.25) is 0 Å². The summed E-state index contributed by atoms with van der Waals surface area (Å²) in [5.41, 5.74) is 1.72. The molecule has 0 radical (unpaired) electrons. The molecule has 0 aromatic heterocycles. The minimum atomic E-state index is -1.48. The minimum absolute atomic E-state index is 0.0276. The smallest absolute Gasteiger partial charge is 0.408 e. The molecule has 2 unspecified atom stereocenters. The first-order chi connectivity index (χ1) is 15.0. The second-order valence-electron chi connectivity index (χ2n) is 7.52. The molecule has 166 valence electrons. The highest BCUT2D eigenvalue weighted by Crippen LogP contribution is 2.52. The third kappa shape index (κ3) is 7.46. The topological polar surface area (TPSA) is 90.7 Å². The molecule has 2 aromatic rings. The summed E-state index contributed by atoms with van der Waals surface area (Å²) in [6, 6.07) is 15.7. The molecule has 1 fully saturated rings. The lowest BCUT2D eigenvalue weighted by molar-refractivity contribution is -0.384. The van der Waals surface area contributed by atoms with Gasteiger partial charge in [-0.25, -0.2) is 4.79 Å². The molecule has 31 heavy (non-hydrogen) atoms. The van der Waals surface area contributed by atoms with Gasteiger partial charge in [0.2, 0.25) is 0 Å². The largest absolute Gasteiger partial charge is 0.445 e. The number of alkyl carbamates (subject to hydrolysis) is 1. The number of ether oxygens (including phenoxy) is 1. The summed E-state index contributed by atoms with van der Waals surface area (Å²) in [6.45, 7) is 0.408. The van der Waals surface area contributed by atoms with E-state index in [-0.39, 0.29) is 30.6 Å². The van der Waals surface area contributed by atoms with Gasteiger partial charge in [0.15, 0.2) is 0 Å². The van der Waals surface area contributed by atoms with E-state index in [1.807, 2.05) is 30.3 Å². The van der Waals surface area contributed by atoms with Gasteiger partial charge < -0.3 is 14.6 Å². The predicted molar refractivity (Wildman–Crippen MR) is 121 cm³/mol. The first kappa shape index (κ1) is 23.5. The van der Waals surface area contributed by atoms with Crippen LogP contribution in [0.15, 0.2) is 54.6 Å². The van der Waals surface area contributed by atoms with Crippen LogP contribution in [0.5, 0.6) is 0 Å². The maximum Gasteiger partial charge on any atom is 0.408 e. The number of rotatable bonds is 9. The van der Waals surface area contributed by atoms with Crippen molar-refractivity contribution in [3.05, 3.63) is 75.8 Å². The van der Waals surface area contributed by atoms with E-state index in [0.29, 0.717) is 0 Å². The number of nitro groups is 1. The molecular formula is C22H26ClN2O5P. The first-order valence-electron chi connectivity index (χ1n) is 10.3. The van der Waals surface area contributed by atoms with Gasteiger partial charge in [-0.2, -0.15) is 0 Å². The zero-order chi connectivity index (χ0) is 22.1. The van der Waals surface area contributed by atoms with E-state index >= 15 is 0 Å². The van der Waals surface area contributed by atoms with Crippen LogP contribution in [-0.2, 0) is 22.5 Å². The molecule has 1 saturated carbocycles. The molecule has 3 rings (SSSR count). The number of nitro benzene ring substituents is 1. The van der Waals surface area contributed by atoms with Crippen molar-refractivity contribution in [3.8, 4) is 0 Å². The molecule has 2 atom stereocenters. The van der Waals surface area contributed by atoms with Crippen molar-refractivity contribution in [1.82, 2.24) is 5.32 Å². The Morgan fingerprint density at radius 1 is 1.06 bits per heavy atom.